The molecule has 0 radical (unpaired) electrons. The normalized spacial score (nSPS) is 25.1. The monoisotopic (exact) mass is 274 g/mol. The van der Waals surface area contributed by atoms with E-state index in [4.69, 9.17) is 11.6 Å². The van der Waals surface area contributed by atoms with Crippen LogP contribution in [-0.4, -0.2) is 5.24 Å². The van der Waals surface area contributed by atoms with Crippen LogP contribution in [0.4, 0.5) is 4.39 Å². The van der Waals surface area contributed by atoms with Gasteiger partial charge in [0, 0.05) is 11.5 Å². The Hall–Kier alpha value is -1.67. The first-order valence-electron chi connectivity index (χ1n) is 6.15. The lowest BCUT2D eigenvalue weighted by Crippen LogP contribution is -2.02. The maximum Gasteiger partial charge on any atom is 0.252 e. The average Bonchev–Trinajstić information content (AvgIpc) is 3.14. The van der Waals surface area contributed by atoms with Crippen LogP contribution in [0.2, 0.25) is 0 Å². The molecular weight excluding hydrogens is 263 g/mol. The molecule has 19 heavy (non-hydrogen) atoms. The SMILES string of the molecule is O=C(Cl)c1ccc(C2(F)CC2c2ccccc2)cc1. The summed E-state index contributed by atoms with van der Waals surface area (Å²) in [5, 5.41) is -0.519. The fourth-order valence-electron chi connectivity index (χ4n) is 2.50. The van der Waals surface area contributed by atoms with Gasteiger partial charge >= 0.3 is 0 Å². The molecule has 0 saturated heterocycles. The number of hydrogen-bond donors (Lipinski definition) is 0. The molecule has 0 aliphatic heterocycles. The van der Waals surface area contributed by atoms with Crippen LogP contribution in [0.25, 0.3) is 0 Å². The third-order valence-corrected chi connectivity index (χ3v) is 3.91. The largest absolute Gasteiger partial charge is 0.276 e. The number of halogens is 2. The maximum absolute atomic E-state index is 14.8. The molecule has 1 aliphatic carbocycles. The zero-order valence-electron chi connectivity index (χ0n) is 10.1. The van der Waals surface area contributed by atoms with Gasteiger partial charge < -0.3 is 0 Å². The molecule has 3 rings (SSSR count). The molecule has 0 aromatic heterocycles. The van der Waals surface area contributed by atoms with Crippen molar-refractivity contribution < 1.29 is 9.18 Å². The van der Waals surface area contributed by atoms with Gasteiger partial charge in [-0.2, -0.15) is 0 Å². The Labute approximate surface area is 116 Å². The minimum absolute atomic E-state index is 0.0914. The van der Waals surface area contributed by atoms with Crippen molar-refractivity contribution in [3.8, 4) is 0 Å². The number of carbonyl (C=O) groups excluding carboxylic acids is 1. The molecule has 0 amide bonds. The van der Waals surface area contributed by atoms with E-state index in [1.807, 2.05) is 30.3 Å². The Bertz CT molecular complexity index is 608. The quantitative estimate of drug-likeness (QED) is 0.757. The Balaban J connectivity index is 1.86. The smallest absolute Gasteiger partial charge is 0.252 e. The molecule has 1 fully saturated rings. The fourth-order valence-corrected chi connectivity index (χ4v) is 2.63. The predicted octanol–water partition coefficient (Wildman–Crippen LogP) is 4.42. The molecule has 0 N–H and O–H groups in total. The van der Waals surface area contributed by atoms with E-state index in [0.29, 0.717) is 17.5 Å². The van der Waals surface area contributed by atoms with Gasteiger partial charge in [-0.25, -0.2) is 4.39 Å². The van der Waals surface area contributed by atoms with E-state index in [-0.39, 0.29) is 5.92 Å². The van der Waals surface area contributed by atoms with Crippen LogP contribution >= 0.6 is 11.6 Å². The molecule has 0 spiro atoms. The van der Waals surface area contributed by atoms with Crippen molar-refractivity contribution in [2.75, 3.05) is 0 Å². The van der Waals surface area contributed by atoms with Crippen molar-refractivity contribution >= 4 is 16.8 Å². The first kappa shape index (κ1) is 12.4. The first-order chi connectivity index (χ1) is 9.11. The third-order valence-electron chi connectivity index (χ3n) is 3.69. The highest BCUT2D eigenvalue weighted by Crippen LogP contribution is 2.61. The highest BCUT2D eigenvalue weighted by molar-refractivity contribution is 6.67. The number of rotatable bonds is 3. The van der Waals surface area contributed by atoms with Crippen molar-refractivity contribution in [2.45, 2.75) is 18.0 Å². The summed E-state index contributed by atoms with van der Waals surface area (Å²) in [7, 11) is 0. The minimum Gasteiger partial charge on any atom is -0.276 e. The molecule has 0 heterocycles. The lowest BCUT2D eigenvalue weighted by atomic mass is 10.0. The topological polar surface area (TPSA) is 17.1 Å². The fraction of sp³-hybridized carbons (Fsp3) is 0.188. The lowest BCUT2D eigenvalue weighted by Gasteiger charge is -2.09. The molecule has 1 nitrogen and oxygen atoms in total. The van der Waals surface area contributed by atoms with Gasteiger partial charge in [-0.05, 0) is 41.3 Å². The minimum atomic E-state index is -1.31. The van der Waals surface area contributed by atoms with E-state index in [9.17, 15) is 9.18 Å². The second kappa shape index (κ2) is 4.46. The van der Waals surface area contributed by atoms with Crippen molar-refractivity contribution in [1.82, 2.24) is 0 Å². The summed E-state index contributed by atoms with van der Waals surface area (Å²) in [4.78, 5) is 11.0. The van der Waals surface area contributed by atoms with Crippen LogP contribution in [0.15, 0.2) is 54.6 Å². The van der Waals surface area contributed by atoms with E-state index >= 15 is 0 Å². The molecule has 2 aromatic carbocycles. The zero-order valence-corrected chi connectivity index (χ0v) is 10.9. The highest BCUT2D eigenvalue weighted by atomic mass is 35.5. The average molecular weight is 275 g/mol. The van der Waals surface area contributed by atoms with Crippen molar-refractivity contribution in [2.24, 2.45) is 0 Å². The van der Waals surface area contributed by atoms with Crippen molar-refractivity contribution in [1.29, 1.82) is 0 Å². The molecule has 3 heteroatoms. The van der Waals surface area contributed by atoms with Gasteiger partial charge in [0.05, 0.1) is 0 Å². The summed E-state index contributed by atoms with van der Waals surface area (Å²) in [6.07, 6.45) is 0.491. The summed E-state index contributed by atoms with van der Waals surface area (Å²) < 4.78 is 14.8. The molecule has 96 valence electrons. The van der Waals surface area contributed by atoms with Gasteiger partial charge in [0.2, 0.25) is 0 Å². The lowest BCUT2D eigenvalue weighted by molar-refractivity contribution is 0.108. The number of carbonyl (C=O) groups is 1. The molecule has 2 atom stereocenters. The van der Waals surface area contributed by atoms with E-state index in [1.165, 1.54) is 0 Å². The molecule has 0 bridgehead atoms. The molecule has 2 unspecified atom stereocenters. The molecule has 2 aromatic rings. The van der Waals surface area contributed by atoms with Crippen LogP contribution in [0.3, 0.4) is 0 Å². The van der Waals surface area contributed by atoms with Crippen LogP contribution in [-0.2, 0) is 5.67 Å². The van der Waals surface area contributed by atoms with Crippen LogP contribution in [0, 0.1) is 0 Å². The van der Waals surface area contributed by atoms with Gasteiger partial charge in [-0.15, -0.1) is 0 Å². The summed E-state index contributed by atoms with van der Waals surface area (Å²) >= 11 is 5.38. The van der Waals surface area contributed by atoms with Crippen LogP contribution in [0.1, 0.15) is 33.8 Å². The van der Waals surface area contributed by atoms with E-state index < -0.39 is 10.9 Å². The van der Waals surface area contributed by atoms with Crippen LogP contribution in [0.5, 0.6) is 0 Å². The molecular formula is C16H12ClFO. The van der Waals surface area contributed by atoms with Gasteiger partial charge in [0.1, 0.15) is 5.67 Å². The second-order valence-corrected chi connectivity index (χ2v) is 5.22. The Morgan fingerprint density at radius 2 is 1.74 bits per heavy atom. The van der Waals surface area contributed by atoms with Crippen LogP contribution < -0.4 is 0 Å². The molecule has 1 saturated carbocycles. The van der Waals surface area contributed by atoms with E-state index in [0.717, 1.165) is 5.56 Å². The highest BCUT2D eigenvalue weighted by Gasteiger charge is 2.57. The Morgan fingerprint density at radius 3 is 2.32 bits per heavy atom. The molecule has 1 aliphatic rings. The van der Waals surface area contributed by atoms with Gasteiger partial charge in [-0.1, -0.05) is 42.5 Å². The second-order valence-electron chi connectivity index (χ2n) is 4.88. The first-order valence-corrected chi connectivity index (χ1v) is 6.53. The maximum atomic E-state index is 14.8. The zero-order chi connectivity index (χ0) is 13.5. The summed E-state index contributed by atoms with van der Waals surface area (Å²) in [5.41, 5.74) is 0.714. The van der Waals surface area contributed by atoms with Gasteiger partial charge in [0.15, 0.2) is 0 Å². The number of hydrogen-bond acceptors (Lipinski definition) is 1. The van der Waals surface area contributed by atoms with Gasteiger partial charge in [0.25, 0.3) is 5.24 Å². The number of benzene rings is 2. The summed E-state index contributed by atoms with van der Waals surface area (Å²) in [6, 6.07) is 16.1. The number of alkyl halides is 1. The standard InChI is InChI=1S/C16H12ClFO/c17-15(19)12-6-8-13(9-7-12)16(18)10-14(16)11-4-2-1-3-5-11/h1-9,14H,10H2. The Kier molecular flexibility index (Phi) is 2.90. The predicted molar refractivity (Wildman–Crippen MR) is 73.2 cm³/mol. The summed E-state index contributed by atoms with van der Waals surface area (Å²) in [6.45, 7) is 0. The third kappa shape index (κ3) is 2.17. The summed E-state index contributed by atoms with van der Waals surface area (Å²) in [5.74, 6) is -0.0914. The van der Waals surface area contributed by atoms with E-state index in [2.05, 4.69) is 0 Å². The van der Waals surface area contributed by atoms with Crippen molar-refractivity contribution in [3.63, 3.8) is 0 Å². The van der Waals surface area contributed by atoms with Crippen molar-refractivity contribution in [3.05, 3.63) is 71.3 Å². The van der Waals surface area contributed by atoms with E-state index in [1.54, 1.807) is 24.3 Å². The van der Waals surface area contributed by atoms with Gasteiger partial charge in [-0.3, -0.25) is 4.79 Å². The Morgan fingerprint density at radius 1 is 1.11 bits per heavy atom.